The van der Waals surface area contributed by atoms with Crippen molar-refractivity contribution < 1.29 is 52.4 Å². The third kappa shape index (κ3) is 6.17. The maximum atomic E-state index is 12.4. The molecule has 12 heteroatoms. The molecule has 1 saturated heterocycles. The van der Waals surface area contributed by atoms with Crippen molar-refractivity contribution in [1.29, 1.82) is 0 Å². The van der Waals surface area contributed by atoms with E-state index in [1.165, 1.54) is 18.2 Å². The Morgan fingerprint density at radius 2 is 1.50 bits per heavy atom. The van der Waals surface area contributed by atoms with Crippen LogP contribution in [0.25, 0.3) is 0 Å². The van der Waals surface area contributed by atoms with Crippen molar-refractivity contribution >= 4 is 41.8 Å². The molecule has 32 heavy (non-hydrogen) atoms. The van der Waals surface area contributed by atoms with Gasteiger partial charge in [0.15, 0.2) is 18.3 Å². The predicted octanol–water partition coefficient (Wildman–Crippen LogP) is 1.22. The van der Waals surface area contributed by atoms with Crippen LogP contribution in [0.4, 0.5) is 0 Å². The first-order chi connectivity index (χ1) is 15.1. The van der Waals surface area contributed by atoms with Gasteiger partial charge in [0.25, 0.3) is 0 Å². The van der Waals surface area contributed by atoms with Crippen LogP contribution in [0.5, 0.6) is 5.75 Å². The van der Waals surface area contributed by atoms with Gasteiger partial charge in [0.1, 0.15) is 12.0 Å². The van der Waals surface area contributed by atoms with Gasteiger partial charge in [0.2, 0.25) is 12.4 Å². The number of hydrogen-bond acceptors (Lipinski definition) is 11. The number of carbonyl (C=O) groups is 5. The van der Waals surface area contributed by atoms with Crippen LogP contribution in [0.15, 0.2) is 18.2 Å². The summed E-state index contributed by atoms with van der Waals surface area (Å²) in [6, 6.07) is 4.07. The van der Waals surface area contributed by atoms with Crippen molar-refractivity contribution in [3.8, 4) is 5.75 Å². The van der Waals surface area contributed by atoms with E-state index in [1.54, 1.807) is 0 Å². The summed E-state index contributed by atoms with van der Waals surface area (Å²) in [5, 5.41) is 0.0144. The molecule has 0 saturated carbocycles. The molecule has 1 aliphatic heterocycles. The normalized spacial score (nSPS) is 24.6. The number of aldehydes is 1. The second-order valence-corrected chi connectivity index (χ2v) is 7.00. The zero-order valence-corrected chi connectivity index (χ0v) is 18.3. The van der Waals surface area contributed by atoms with E-state index in [1.807, 2.05) is 0 Å². The molecule has 0 spiro atoms. The molecule has 5 atom stereocenters. The lowest BCUT2D eigenvalue weighted by Gasteiger charge is -2.43. The van der Waals surface area contributed by atoms with Gasteiger partial charge in [-0.15, -0.1) is 0 Å². The molecule has 11 nitrogen and oxygen atoms in total. The highest BCUT2D eigenvalue weighted by molar-refractivity contribution is 6.32. The topological polar surface area (TPSA) is 141 Å². The van der Waals surface area contributed by atoms with Crippen LogP contribution >= 0.6 is 11.6 Å². The number of methoxy groups -OCH3 is 1. The molecule has 0 aliphatic carbocycles. The lowest BCUT2D eigenvalue weighted by Crippen LogP contribution is -2.64. The first-order valence-electron chi connectivity index (χ1n) is 9.23. The fraction of sp³-hybridized carbons (Fsp3) is 0.450. The van der Waals surface area contributed by atoms with Gasteiger partial charge >= 0.3 is 23.9 Å². The molecule has 174 valence electrons. The van der Waals surface area contributed by atoms with E-state index >= 15 is 0 Å². The van der Waals surface area contributed by atoms with Gasteiger partial charge in [-0.3, -0.25) is 19.2 Å². The smallest absolute Gasteiger partial charge is 0.339 e. The summed E-state index contributed by atoms with van der Waals surface area (Å²) in [5.74, 6) is -3.40. The fourth-order valence-corrected chi connectivity index (χ4v) is 3.22. The lowest BCUT2D eigenvalue weighted by atomic mass is 9.97. The van der Waals surface area contributed by atoms with Crippen LogP contribution in [0.3, 0.4) is 0 Å². The van der Waals surface area contributed by atoms with E-state index in [9.17, 15) is 24.0 Å². The number of benzene rings is 1. The van der Waals surface area contributed by atoms with E-state index in [0.29, 0.717) is 6.29 Å². The number of halogens is 1. The van der Waals surface area contributed by atoms with Gasteiger partial charge < -0.3 is 28.4 Å². The van der Waals surface area contributed by atoms with Gasteiger partial charge in [0, 0.05) is 26.3 Å². The maximum Gasteiger partial charge on any atom is 0.339 e. The zero-order chi connectivity index (χ0) is 24.0. The number of ether oxygens (including phenoxy) is 6. The Morgan fingerprint density at radius 1 is 0.938 bits per heavy atom. The summed E-state index contributed by atoms with van der Waals surface area (Å²) in [4.78, 5) is 58.5. The number of rotatable bonds is 7. The quantitative estimate of drug-likeness (QED) is 0.321. The standard InChI is InChI=1S/C20H21ClO11/c1-9(23)28-15-16(29-10(2)24)18(30-11(3)25)20(32-17(15)19(26)27-4)31-14-6-5-12(8-22)7-13(14)21/h5-8,15-18,20H,1-4H3/t15-,16-,17-,18+,20+/m0/s1. The summed E-state index contributed by atoms with van der Waals surface area (Å²) >= 11 is 6.13. The first kappa shape index (κ1) is 25.1. The van der Waals surface area contributed by atoms with Crippen LogP contribution in [-0.2, 0) is 42.9 Å². The van der Waals surface area contributed by atoms with Crippen LogP contribution in [0.1, 0.15) is 31.1 Å². The molecule has 0 aromatic heterocycles. The molecular formula is C20H21ClO11. The molecule has 1 aliphatic rings. The van der Waals surface area contributed by atoms with Crippen molar-refractivity contribution in [3.05, 3.63) is 28.8 Å². The van der Waals surface area contributed by atoms with E-state index in [4.69, 9.17) is 40.0 Å². The minimum atomic E-state index is -1.60. The predicted molar refractivity (Wildman–Crippen MR) is 105 cm³/mol. The maximum absolute atomic E-state index is 12.4. The molecular weight excluding hydrogens is 452 g/mol. The Balaban J connectivity index is 2.52. The Bertz CT molecular complexity index is 900. The van der Waals surface area contributed by atoms with Gasteiger partial charge in [-0.25, -0.2) is 4.79 Å². The van der Waals surface area contributed by atoms with Crippen molar-refractivity contribution in [1.82, 2.24) is 0 Å². The zero-order valence-electron chi connectivity index (χ0n) is 17.6. The molecule has 1 aromatic rings. The Labute approximate surface area is 187 Å². The van der Waals surface area contributed by atoms with Gasteiger partial charge in [-0.1, -0.05) is 11.6 Å². The van der Waals surface area contributed by atoms with Crippen molar-refractivity contribution in [2.75, 3.05) is 7.11 Å². The molecule has 0 unspecified atom stereocenters. The molecule has 0 radical (unpaired) electrons. The monoisotopic (exact) mass is 472 g/mol. The molecule has 1 heterocycles. The fourth-order valence-electron chi connectivity index (χ4n) is 2.99. The average Bonchev–Trinajstić information content (AvgIpc) is 2.71. The van der Waals surface area contributed by atoms with Gasteiger partial charge in [-0.2, -0.15) is 0 Å². The molecule has 2 rings (SSSR count). The van der Waals surface area contributed by atoms with Crippen molar-refractivity contribution in [2.24, 2.45) is 0 Å². The highest BCUT2D eigenvalue weighted by Crippen LogP contribution is 2.33. The lowest BCUT2D eigenvalue weighted by molar-refractivity contribution is -0.282. The second-order valence-electron chi connectivity index (χ2n) is 6.60. The summed E-state index contributed by atoms with van der Waals surface area (Å²) in [7, 11) is 1.07. The molecule has 0 amide bonds. The van der Waals surface area contributed by atoms with E-state index < -0.39 is 54.6 Å². The van der Waals surface area contributed by atoms with Crippen LogP contribution < -0.4 is 4.74 Å². The Kier molecular flexibility index (Phi) is 8.56. The van der Waals surface area contributed by atoms with Crippen LogP contribution in [0, 0.1) is 0 Å². The van der Waals surface area contributed by atoms with Gasteiger partial charge in [0.05, 0.1) is 12.1 Å². The van der Waals surface area contributed by atoms with Crippen molar-refractivity contribution in [3.63, 3.8) is 0 Å². The van der Waals surface area contributed by atoms with Gasteiger partial charge in [-0.05, 0) is 18.2 Å². The molecule has 0 bridgehead atoms. The molecule has 1 fully saturated rings. The Morgan fingerprint density at radius 3 is 2.00 bits per heavy atom. The molecule has 1 aromatic carbocycles. The number of esters is 4. The van der Waals surface area contributed by atoms with E-state index in [0.717, 1.165) is 27.9 Å². The minimum absolute atomic E-state index is 0.00976. The summed E-state index contributed by atoms with van der Waals surface area (Å²) in [5.41, 5.74) is 0.267. The van der Waals surface area contributed by atoms with Crippen LogP contribution in [-0.4, -0.2) is 68.0 Å². The number of carbonyl (C=O) groups excluding carboxylic acids is 5. The van der Waals surface area contributed by atoms with Crippen molar-refractivity contribution in [2.45, 2.75) is 51.5 Å². The summed E-state index contributed by atoms with van der Waals surface area (Å²) < 4.78 is 31.7. The SMILES string of the molecule is COC(=O)[C@H]1O[C@@H](Oc2ccc(C=O)cc2Cl)[C@H](OC(C)=O)[C@@H](OC(C)=O)[C@@H]1OC(C)=O. The highest BCUT2D eigenvalue weighted by Gasteiger charge is 2.55. The highest BCUT2D eigenvalue weighted by atomic mass is 35.5. The largest absolute Gasteiger partial charge is 0.467 e. The first-order valence-corrected chi connectivity index (χ1v) is 9.61. The summed E-state index contributed by atoms with van der Waals surface area (Å²) in [6.45, 7) is 3.22. The van der Waals surface area contributed by atoms with E-state index in [2.05, 4.69) is 0 Å². The third-order valence-electron chi connectivity index (χ3n) is 4.17. The molecule has 0 N–H and O–H groups in total. The average molecular weight is 473 g/mol. The van der Waals surface area contributed by atoms with Crippen LogP contribution in [0.2, 0.25) is 5.02 Å². The summed E-state index contributed by atoms with van der Waals surface area (Å²) in [6.07, 6.45) is -7.04. The minimum Gasteiger partial charge on any atom is -0.467 e. The Hall–Kier alpha value is -3.18. The number of hydrogen-bond donors (Lipinski definition) is 0. The third-order valence-corrected chi connectivity index (χ3v) is 4.47. The van der Waals surface area contributed by atoms with E-state index in [-0.39, 0.29) is 16.3 Å². The second kappa shape index (κ2) is 10.9.